The average Bonchev–Trinajstić information content (AvgIpc) is 2.72. The second kappa shape index (κ2) is 5.73. The summed E-state index contributed by atoms with van der Waals surface area (Å²) in [4.78, 5) is 24.6. The van der Waals surface area contributed by atoms with Gasteiger partial charge in [0.15, 0.2) is 0 Å². The fraction of sp³-hybridized carbons (Fsp3) is 0.429. The van der Waals surface area contributed by atoms with Crippen LogP contribution in [0.15, 0.2) is 24.3 Å². The predicted octanol–water partition coefficient (Wildman–Crippen LogP) is 1.85. The first-order chi connectivity index (χ1) is 9.11. The molecule has 1 N–H and O–H groups in total. The molecule has 2 rings (SSSR count). The Balaban J connectivity index is 1.99. The highest BCUT2D eigenvalue weighted by Crippen LogP contribution is 2.20. The van der Waals surface area contributed by atoms with E-state index in [1.165, 1.54) is 0 Å². The monoisotopic (exact) mass is 262 g/mol. The first-order valence-corrected chi connectivity index (χ1v) is 6.41. The Morgan fingerprint density at radius 3 is 2.63 bits per heavy atom. The highest BCUT2D eigenvalue weighted by atomic mass is 16.5. The number of benzene rings is 1. The van der Waals surface area contributed by atoms with E-state index in [1.54, 1.807) is 31.0 Å². The van der Waals surface area contributed by atoms with Crippen molar-refractivity contribution in [3.8, 4) is 0 Å². The van der Waals surface area contributed by atoms with Crippen molar-refractivity contribution >= 4 is 17.6 Å². The van der Waals surface area contributed by atoms with E-state index >= 15 is 0 Å². The molecule has 1 heterocycles. The van der Waals surface area contributed by atoms with Crippen molar-refractivity contribution in [2.75, 3.05) is 19.0 Å². The minimum absolute atomic E-state index is 0.0287. The largest absolute Gasteiger partial charge is 0.462 e. The lowest BCUT2D eigenvalue weighted by atomic mass is 10.2. The van der Waals surface area contributed by atoms with Crippen LogP contribution in [-0.2, 0) is 9.53 Å². The second-order valence-corrected chi connectivity index (χ2v) is 4.50. The Kier molecular flexibility index (Phi) is 4.04. The van der Waals surface area contributed by atoms with E-state index in [4.69, 9.17) is 4.74 Å². The van der Waals surface area contributed by atoms with E-state index < -0.39 is 0 Å². The molecule has 1 amide bonds. The molecule has 1 unspecified atom stereocenters. The number of rotatable bonds is 4. The van der Waals surface area contributed by atoms with Gasteiger partial charge in [-0.3, -0.25) is 4.79 Å². The Bertz CT molecular complexity index is 470. The van der Waals surface area contributed by atoms with Crippen LogP contribution in [0.25, 0.3) is 0 Å². The van der Waals surface area contributed by atoms with Gasteiger partial charge in [0, 0.05) is 19.2 Å². The number of nitrogens with zero attached hydrogens (tertiary/aromatic N) is 1. The third kappa shape index (κ3) is 3.05. The van der Waals surface area contributed by atoms with Gasteiger partial charge in [-0.05, 0) is 37.6 Å². The number of esters is 1. The lowest BCUT2D eigenvalue weighted by Gasteiger charge is -2.22. The van der Waals surface area contributed by atoms with Crippen molar-refractivity contribution in [2.45, 2.75) is 25.9 Å². The van der Waals surface area contributed by atoms with E-state index in [2.05, 4.69) is 5.32 Å². The molecule has 1 fully saturated rings. The smallest absolute Gasteiger partial charge is 0.338 e. The highest BCUT2D eigenvalue weighted by molar-refractivity contribution is 5.89. The summed E-state index contributed by atoms with van der Waals surface area (Å²) < 4.78 is 4.92. The van der Waals surface area contributed by atoms with E-state index in [1.807, 2.05) is 12.1 Å². The summed E-state index contributed by atoms with van der Waals surface area (Å²) in [6.07, 6.45) is 1.41. The maximum Gasteiger partial charge on any atom is 0.338 e. The molecule has 0 bridgehead atoms. The number of carbonyl (C=O) groups excluding carboxylic acids is 2. The van der Waals surface area contributed by atoms with Crippen molar-refractivity contribution in [3.05, 3.63) is 29.8 Å². The fourth-order valence-corrected chi connectivity index (χ4v) is 2.08. The molecule has 5 nitrogen and oxygen atoms in total. The zero-order chi connectivity index (χ0) is 13.8. The fourth-order valence-electron chi connectivity index (χ4n) is 2.08. The number of anilines is 1. The molecule has 1 aromatic rings. The number of hydrogen-bond donors (Lipinski definition) is 1. The van der Waals surface area contributed by atoms with Crippen LogP contribution in [0.4, 0.5) is 5.69 Å². The van der Waals surface area contributed by atoms with Crippen LogP contribution < -0.4 is 5.32 Å². The molecule has 0 radical (unpaired) electrons. The van der Waals surface area contributed by atoms with Crippen LogP contribution >= 0.6 is 0 Å². The van der Waals surface area contributed by atoms with Gasteiger partial charge in [0.2, 0.25) is 5.91 Å². The standard InChI is InChI=1S/C14H18N2O3/c1-3-19-14(18)10-4-6-11(7-5-10)15-12-8-9-13(17)16(12)2/h4-7,12,15H,3,8-9H2,1-2H3. The third-order valence-corrected chi connectivity index (χ3v) is 3.22. The molecule has 0 aliphatic carbocycles. The van der Waals surface area contributed by atoms with Gasteiger partial charge in [0.25, 0.3) is 0 Å². The summed E-state index contributed by atoms with van der Waals surface area (Å²) in [7, 11) is 1.79. The highest BCUT2D eigenvalue weighted by Gasteiger charge is 2.27. The Hall–Kier alpha value is -2.04. The molecule has 1 aromatic carbocycles. The van der Waals surface area contributed by atoms with Crippen LogP contribution in [0.1, 0.15) is 30.1 Å². The quantitative estimate of drug-likeness (QED) is 0.841. The molecule has 19 heavy (non-hydrogen) atoms. The number of hydrogen-bond acceptors (Lipinski definition) is 4. The van der Waals surface area contributed by atoms with Gasteiger partial charge in [0.1, 0.15) is 6.17 Å². The number of likely N-dealkylation sites (tertiary alicyclic amines) is 1. The maximum absolute atomic E-state index is 11.5. The number of carbonyl (C=O) groups is 2. The molecular formula is C14H18N2O3. The van der Waals surface area contributed by atoms with Gasteiger partial charge < -0.3 is 15.0 Å². The number of nitrogens with one attached hydrogen (secondary N) is 1. The van der Waals surface area contributed by atoms with Crippen molar-refractivity contribution in [3.63, 3.8) is 0 Å². The van der Waals surface area contributed by atoms with Crippen molar-refractivity contribution < 1.29 is 14.3 Å². The Labute approximate surface area is 112 Å². The summed E-state index contributed by atoms with van der Waals surface area (Å²) in [6.45, 7) is 2.15. The first-order valence-electron chi connectivity index (χ1n) is 6.41. The molecule has 102 valence electrons. The zero-order valence-corrected chi connectivity index (χ0v) is 11.2. The van der Waals surface area contributed by atoms with Crippen molar-refractivity contribution in [1.29, 1.82) is 0 Å². The van der Waals surface area contributed by atoms with Gasteiger partial charge in [-0.15, -0.1) is 0 Å². The molecule has 1 atom stereocenters. The molecule has 0 saturated carbocycles. The van der Waals surface area contributed by atoms with E-state index in [9.17, 15) is 9.59 Å². The molecule has 1 aliphatic rings. The summed E-state index contributed by atoms with van der Waals surface area (Å²) in [6, 6.07) is 7.08. The van der Waals surface area contributed by atoms with Crippen LogP contribution in [-0.4, -0.2) is 36.6 Å². The van der Waals surface area contributed by atoms with Gasteiger partial charge in [-0.2, -0.15) is 0 Å². The van der Waals surface area contributed by atoms with Crippen molar-refractivity contribution in [1.82, 2.24) is 4.90 Å². The van der Waals surface area contributed by atoms with Gasteiger partial charge in [-0.25, -0.2) is 4.79 Å². The molecular weight excluding hydrogens is 244 g/mol. The topological polar surface area (TPSA) is 58.6 Å². The summed E-state index contributed by atoms with van der Waals surface area (Å²) >= 11 is 0. The second-order valence-electron chi connectivity index (χ2n) is 4.50. The molecule has 0 spiro atoms. The SMILES string of the molecule is CCOC(=O)c1ccc(NC2CCC(=O)N2C)cc1. The summed E-state index contributed by atoms with van der Waals surface area (Å²) in [5.74, 6) is -0.164. The minimum atomic E-state index is -0.317. The molecule has 1 saturated heterocycles. The minimum Gasteiger partial charge on any atom is -0.462 e. The van der Waals surface area contributed by atoms with Crippen LogP contribution in [0.5, 0.6) is 0 Å². The lowest BCUT2D eigenvalue weighted by Crippen LogP contribution is -2.34. The van der Waals surface area contributed by atoms with E-state index in [0.717, 1.165) is 12.1 Å². The third-order valence-electron chi connectivity index (χ3n) is 3.22. The van der Waals surface area contributed by atoms with Crippen LogP contribution in [0, 0.1) is 0 Å². The van der Waals surface area contributed by atoms with Crippen LogP contribution in [0.2, 0.25) is 0 Å². The predicted molar refractivity (Wildman–Crippen MR) is 71.8 cm³/mol. The number of amides is 1. The Morgan fingerprint density at radius 1 is 1.42 bits per heavy atom. The normalized spacial score (nSPS) is 18.5. The van der Waals surface area contributed by atoms with Gasteiger partial charge >= 0.3 is 5.97 Å². The van der Waals surface area contributed by atoms with Gasteiger partial charge in [-0.1, -0.05) is 0 Å². The van der Waals surface area contributed by atoms with Crippen LogP contribution in [0.3, 0.4) is 0 Å². The van der Waals surface area contributed by atoms with E-state index in [-0.39, 0.29) is 18.0 Å². The summed E-state index contributed by atoms with van der Waals surface area (Å²) in [5, 5.41) is 3.27. The van der Waals surface area contributed by atoms with E-state index in [0.29, 0.717) is 18.6 Å². The Morgan fingerprint density at radius 2 is 2.11 bits per heavy atom. The van der Waals surface area contributed by atoms with Crippen molar-refractivity contribution in [2.24, 2.45) is 0 Å². The molecule has 5 heteroatoms. The average molecular weight is 262 g/mol. The zero-order valence-electron chi connectivity index (χ0n) is 11.2. The first kappa shape index (κ1) is 13.4. The lowest BCUT2D eigenvalue weighted by molar-refractivity contribution is -0.127. The molecule has 0 aromatic heterocycles. The molecule has 1 aliphatic heterocycles. The maximum atomic E-state index is 11.5. The van der Waals surface area contributed by atoms with Gasteiger partial charge in [0.05, 0.1) is 12.2 Å². The summed E-state index contributed by atoms with van der Waals surface area (Å²) in [5.41, 5.74) is 1.42. The number of ether oxygens (including phenoxy) is 1.